The Morgan fingerprint density at radius 1 is 1.06 bits per heavy atom. The van der Waals surface area contributed by atoms with Gasteiger partial charge < -0.3 is 14.2 Å². The van der Waals surface area contributed by atoms with Crippen molar-refractivity contribution in [1.82, 2.24) is 5.43 Å². The van der Waals surface area contributed by atoms with Crippen LogP contribution < -0.4 is 19.6 Å². The highest BCUT2D eigenvalue weighted by molar-refractivity contribution is 9.10. The van der Waals surface area contributed by atoms with Crippen molar-refractivity contribution in [2.24, 2.45) is 5.10 Å². The average molecular weight is 508 g/mol. The Kier molecular flexibility index (Phi) is 8.16. The van der Waals surface area contributed by atoms with E-state index in [1.54, 1.807) is 66.7 Å². The predicted molar refractivity (Wildman–Crippen MR) is 124 cm³/mol. The maximum Gasteiger partial charge on any atom is 0.343 e. The summed E-state index contributed by atoms with van der Waals surface area (Å²) < 4.78 is 16.9. The van der Waals surface area contributed by atoms with Gasteiger partial charge in [-0.1, -0.05) is 28.1 Å². The molecule has 0 unspecified atom stereocenters. The molecule has 1 N–H and O–H groups in total. The summed E-state index contributed by atoms with van der Waals surface area (Å²) in [5.41, 5.74) is 3.68. The van der Waals surface area contributed by atoms with E-state index in [9.17, 15) is 9.59 Å². The van der Waals surface area contributed by atoms with Crippen LogP contribution in [0, 0.1) is 11.3 Å². The number of ether oxygens (including phenoxy) is 3. The molecule has 9 heteroatoms. The number of nitriles is 1. The summed E-state index contributed by atoms with van der Waals surface area (Å²) in [5, 5.41) is 12.9. The van der Waals surface area contributed by atoms with Gasteiger partial charge >= 0.3 is 5.97 Å². The van der Waals surface area contributed by atoms with E-state index >= 15 is 0 Å². The van der Waals surface area contributed by atoms with Crippen LogP contribution in [0.4, 0.5) is 0 Å². The fourth-order valence-electron chi connectivity index (χ4n) is 2.63. The van der Waals surface area contributed by atoms with E-state index < -0.39 is 11.9 Å². The van der Waals surface area contributed by atoms with Crippen LogP contribution in [0.2, 0.25) is 0 Å². The van der Waals surface area contributed by atoms with Gasteiger partial charge in [-0.3, -0.25) is 4.79 Å². The van der Waals surface area contributed by atoms with E-state index in [-0.39, 0.29) is 12.4 Å². The highest BCUT2D eigenvalue weighted by Gasteiger charge is 2.13. The molecule has 0 bridgehead atoms. The van der Waals surface area contributed by atoms with Crippen molar-refractivity contribution >= 4 is 34.0 Å². The number of methoxy groups -OCH3 is 1. The van der Waals surface area contributed by atoms with Gasteiger partial charge in [-0.15, -0.1) is 0 Å². The van der Waals surface area contributed by atoms with Gasteiger partial charge in [0.2, 0.25) is 0 Å². The smallest absolute Gasteiger partial charge is 0.343 e. The number of esters is 1. The lowest BCUT2D eigenvalue weighted by Gasteiger charge is -2.10. The number of nitrogens with zero attached hydrogens (tertiary/aromatic N) is 2. The number of benzene rings is 3. The lowest BCUT2D eigenvalue weighted by atomic mass is 10.2. The molecule has 1 amide bonds. The monoisotopic (exact) mass is 507 g/mol. The van der Waals surface area contributed by atoms with Crippen molar-refractivity contribution < 1.29 is 23.8 Å². The lowest BCUT2D eigenvalue weighted by molar-refractivity contribution is -0.123. The Morgan fingerprint density at radius 2 is 1.82 bits per heavy atom. The molecule has 3 aromatic rings. The summed E-state index contributed by atoms with van der Waals surface area (Å²) in [5.74, 6) is -0.126. The molecule has 0 spiro atoms. The van der Waals surface area contributed by atoms with E-state index in [1.807, 2.05) is 6.07 Å². The number of hydrogen-bond donors (Lipinski definition) is 1. The molecular weight excluding hydrogens is 490 g/mol. The van der Waals surface area contributed by atoms with Gasteiger partial charge in [-0.2, -0.15) is 10.4 Å². The van der Waals surface area contributed by atoms with Crippen LogP contribution in [0.25, 0.3) is 0 Å². The first-order chi connectivity index (χ1) is 16.0. The number of nitrogens with one attached hydrogen (secondary N) is 1. The number of para-hydroxylation sites is 1. The summed E-state index contributed by atoms with van der Waals surface area (Å²) in [6, 6.07) is 20.2. The number of rotatable bonds is 8. The molecule has 0 atom stereocenters. The zero-order chi connectivity index (χ0) is 23.6. The molecule has 0 saturated heterocycles. The summed E-state index contributed by atoms with van der Waals surface area (Å²) >= 11 is 3.32. The van der Waals surface area contributed by atoms with Crippen LogP contribution in [0.5, 0.6) is 17.2 Å². The van der Waals surface area contributed by atoms with Crippen LogP contribution in [0.15, 0.2) is 76.3 Å². The Morgan fingerprint density at radius 3 is 2.55 bits per heavy atom. The second-order valence-electron chi connectivity index (χ2n) is 6.50. The highest BCUT2D eigenvalue weighted by Crippen LogP contribution is 2.28. The fraction of sp³-hybridized carbons (Fsp3) is 0.0833. The Balaban J connectivity index is 1.57. The molecule has 166 valence electrons. The maximum absolute atomic E-state index is 12.3. The molecule has 8 nitrogen and oxygen atoms in total. The van der Waals surface area contributed by atoms with Crippen molar-refractivity contribution in [3.63, 3.8) is 0 Å². The largest absolute Gasteiger partial charge is 0.493 e. The Hall–Kier alpha value is -4.16. The lowest BCUT2D eigenvalue weighted by Crippen LogP contribution is -2.24. The fourth-order valence-corrected chi connectivity index (χ4v) is 2.90. The summed E-state index contributed by atoms with van der Waals surface area (Å²) in [6.45, 7) is -0.301. The van der Waals surface area contributed by atoms with Crippen LogP contribution in [0.1, 0.15) is 21.5 Å². The van der Waals surface area contributed by atoms with Gasteiger partial charge in [0.1, 0.15) is 11.8 Å². The van der Waals surface area contributed by atoms with Crippen molar-refractivity contribution in [2.45, 2.75) is 0 Å². The van der Waals surface area contributed by atoms with Gasteiger partial charge in [-0.25, -0.2) is 10.2 Å². The number of hydrazone groups is 1. The van der Waals surface area contributed by atoms with E-state index in [0.29, 0.717) is 28.2 Å². The van der Waals surface area contributed by atoms with E-state index in [2.05, 4.69) is 26.5 Å². The first-order valence-electron chi connectivity index (χ1n) is 9.60. The van der Waals surface area contributed by atoms with Crippen molar-refractivity contribution in [1.29, 1.82) is 5.26 Å². The Bertz CT molecular complexity index is 1220. The third kappa shape index (κ3) is 6.66. The van der Waals surface area contributed by atoms with E-state index in [4.69, 9.17) is 19.5 Å². The standard InChI is InChI=1S/C24H18BrN3O5/c1-31-22-12-16(6-11-21(22)33-24(30)17-7-9-19(25)10-8-17)14-27-28-23(29)15-32-20-5-3-2-4-18(20)13-26/h2-12,14H,15H2,1H3,(H,28,29). The molecular formula is C24H18BrN3O5. The number of halogens is 1. The van der Waals surface area contributed by atoms with Crippen molar-refractivity contribution in [2.75, 3.05) is 13.7 Å². The third-order valence-electron chi connectivity index (χ3n) is 4.24. The SMILES string of the molecule is COc1cc(C=NNC(=O)COc2ccccc2C#N)ccc1OC(=O)c1ccc(Br)cc1. The minimum atomic E-state index is -0.521. The van der Waals surface area contributed by atoms with Gasteiger partial charge in [0.15, 0.2) is 18.1 Å². The zero-order valence-electron chi connectivity index (χ0n) is 17.4. The maximum atomic E-state index is 12.3. The minimum Gasteiger partial charge on any atom is -0.493 e. The predicted octanol–water partition coefficient (Wildman–Crippen LogP) is 4.08. The summed E-state index contributed by atoms with van der Waals surface area (Å²) in [4.78, 5) is 24.3. The van der Waals surface area contributed by atoms with E-state index in [0.717, 1.165) is 4.47 Å². The first-order valence-corrected chi connectivity index (χ1v) is 10.4. The molecule has 0 saturated carbocycles. The second kappa shape index (κ2) is 11.5. The number of carbonyl (C=O) groups is 2. The topological polar surface area (TPSA) is 110 Å². The first kappa shape index (κ1) is 23.5. The quantitative estimate of drug-likeness (QED) is 0.213. The number of amides is 1. The molecule has 0 radical (unpaired) electrons. The average Bonchev–Trinajstić information content (AvgIpc) is 2.84. The van der Waals surface area contributed by atoms with Crippen LogP contribution in [-0.4, -0.2) is 31.8 Å². The molecule has 3 rings (SSSR count). The highest BCUT2D eigenvalue weighted by atomic mass is 79.9. The molecule has 33 heavy (non-hydrogen) atoms. The van der Waals surface area contributed by atoms with Crippen molar-refractivity contribution in [3.05, 3.63) is 87.9 Å². The third-order valence-corrected chi connectivity index (χ3v) is 4.77. The summed E-state index contributed by atoms with van der Waals surface area (Å²) in [6.07, 6.45) is 1.41. The van der Waals surface area contributed by atoms with Crippen LogP contribution >= 0.6 is 15.9 Å². The van der Waals surface area contributed by atoms with Crippen molar-refractivity contribution in [3.8, 4) is 23.3 Å². The number of hydrogen-bond acceptors (Lipinski definition) is 7. The molecule has 0 fully saturated rings. The van der Waals surface area contributed by atoms with Gasteiger partial charge in [0.25, 0.3) is 5.91 Å². The molecule has 0 aliphatic carbocycles. The van der Waals surface area contributed by atoms with E-state index in [1.165, 1.54) is 13.3 Å². The molecule has 0 heterocycles. The minimum absolute atomic E-state index is 0.246. The van der Waals surface area contributed by atoms with Crippen LogP contribution in [0.3, 0.4) is 0 Å². The molecule has 0 aliphatic rings. The zero-order valence-corrected chi connectivity index (χ0v) is 19.0. The molecule has 3 aromatic carbocycles. The Labute approximate surface area is 198 Å². The van der Waals surface area contributed by atoms with Crippen LogP contribution in [-0.2, 0) is 4.79 Å². The normalized spacial score (nSPS) is 10.3. The number of carbonyl (C=O) groups excluding carboxylic acids is 2. The van der Waals surface area contributed by atoms with Gasteiger partial charge in [-0.05, 0) is 60.2 Å². The second-order valence-corrected chi connectivity index (χ2v) is 7.41. The molecule has 0 aliphatic heterocycles. The molecule has 0 aromatic heterocycles. The van der Waals surface area contributed by atoms with Gasteiger partial charge in [0, 0.05) is 4.47 Å². The van der Waals surface area contributed by atoms with Gasteiger partial charge in [0.05, 0.1) is 24.5 Å². The summed E-state index contributed by atoms with van der Waals surface area (Å²) in [7, 11) is 1.45.